The maximum absolute atomic E-state index is 12.7. The zero-order valence-electron chi connectivity index (χ0n) is 17.9. The highest BCUT2D eigenvalue weighted by Gasteiger charge is 2.30. The Bertz CT molecular complexity index is 633. The predicted octanol–water partition coefficient (Wildman–Crippen LogP) is -2.37. The number of hydrogen-bond acceptors (Lipinski definition) is 8. The highest BCUT2D eigenvalue weighted by Crippen LogP contribution is 2.06. The fourth-order valence-electron chi connectivity index (χ4n) is 2.51. The first kappa shape index (κ1) is 28.6. The van der Waals surface area contributed by atoms with Crippen molar-refractivity contribution in [2.24, 2.45) is 17.2 Å². The Labute approximate surface area is 185 Å². The number of primary amides is 1. The molecule has 178 valence electrons. The number of thioether (sulfide) groups is 1. The Hall–Kier alpha value is -2.38. The topological polar surface area (TPSA) is 220 Å². The molecule has 0 heterocycles. The third-order valence-electron chi connectivity index (χ3n) is 4.26. The summed E-state index contributed by atoms with van der Waals surface area (Å²) in [6.07, 6.45) is 2.84. The Morgan fingerprint density at radius 2 is 1.45 bits per heavy atom. The first-order valence-corrected chi connectivity index (χ1v) is 11.3. The number of hydrogen-bond donors (Lipinski definition) is 7. The van der Waals surface area contributed by atoms with E-state index in [1.807, 2.05) is 6.26 Å². The molecule has 0 bridgehead atoms. The van der Waals surface area contributed by atoms with Crippen LogP contribution in [-0.4, -0.2) is 77.4 Å². The van der Waals surface area contributed by atoms with Crippen molar-refractivity contribution in [2.45, 2.75) is 63.2 Å². The molecule has 0 aliphatic carbocycles. The summed E-state index contributed by atoms with van der Waals surface area (Å²) < 4.78 is 0. The molecule has 0 aliphatic rings. The SMILES string of the molecule is CSCCC(NC(=O)C(CC(N)=O)NC(=O)C(C)N)C(=O)NC(CCCCN)C(=O)O. The Kier molecular flexibility index (Phi) is 14.2. The molecular formula is C18H34N6O6S. The van der Waals surface area contributed by atoms with Crippen LogP contribution in [0.5, 0.6) is 0 Å². The summed E-state index contributed by atoms with van der Waals surface area (Å²) in [4.78, 5) is 60.0. The molecule has 0 rings (SSSR count). The molecule has 0 radical (unpaired) electrons. The average Bonchev–Trinajstić information content (AvgIpc) is 2.68. The van der Waals surface area contributed by atoms with Crippen LogP contribution >= 0.6 is 11.8 Å². The van der Waals surface area contributed by atoms with Gasteiger partial charge in [-0.15, -0.1) is 0 Å². The van der Waals surface area contributed by atoms with E-state index in [-0.39, 0.29) is 12.8 Å². The number of carboxylic acids is 1. The highest BCUT2D eigenvalue weighted by molar-refractivity contribution is 7.98. The molecule has 0 fully saturated rings. The monoisotopic (exact) mass is 462 g/mol. The van der Waals surface area contributed by atoms with Gasteiger partial charge in [0, 0.05) is 0 Å². The van der Waals surface area contributed by atoms with E-state index in [2.05, 4.69) is 16.0 Å². The second-order valence-electron chi connectivity index (χ2n) is 7.05. The van der Waals surface area contributed by atoms with Gasteiger partial charge >= 0.3 is 5.97 Å². The van der Waals surface area contributed by atoms with E-state index in [4.69, 9.17) is 17.2 Å². The molecule has 4 atom stereocenters. The summed E-state index contributed by atoms with van der Waals surface area (Å²) in [6.45, 7) is 1.81. The maximum atomic E-state index is 12.7. The summed E-state index contributed by atoms with van der Waals surface area (Å²) >= 11 is 1.43. The number of rotatable bonds is 16. The molecular weight excluding hydrogens is 428 g/mol. The Balaban J connectivity index is 5.33. The van der Waals surface area contributed by atoms with Crippen molar-refractivity contribution in [2.75, 3.05) is 18.6 Å². The van der Waals surface area contributed by atoms with E-state index in [0.29, 0.717) is 25.1 Å². The van der Waals surface area contributed by atoms with E-state index in [0.717, 1.165) is 0 Å². The Morgan fingerprint density at radius 1 is 0.903 bits per heavy atom. The van der Waals surface area contributed by atoms with Crippen LogP contribution in [0.1, 0.15) is 39.0 Å². The van der Waals surface area contributed by atoms with Gasteiger partial charge in [-0.05, 0) is 51.2 Å². The number of unbranched alkanes of at least 4 members (excludes halogenated alkanes) is 1. The van der Waals surface area contributed by atoms with Gasteiger partial charge in [0.25, 0.3) is 0 Å². The minimum atomic E-state index is -1.32. The Morgan fingerprint density at radius 3 is 1.94 bits per heavy atom. The van der Waals surface area contributed by atoms with Crippen molar-refractivity contribution in [1.82, 2.24) is 16.0 Å². The molecule has 0 aliphatic heterocycles. The number of carboxylic acid groups (broad SMARTS) is 1. The van der Waals surface area contributed by atoms with Crippen molar-refractivity contribution < 1.29 is 29.1 Å². The number of nitrogens with one attached hydrogen (secondary N) is 3. The van der Waals surface area contributed by atoms with Gasteiger partial charge in [0.2, 0.25) is 23.6 Å². The number of aliphatic carboxylic acids is 1. The molecule has 31 heavy (non-hydrogen) atoms. The van der Waals surface area contributed by atoms with E-state index in [9.17, 15) is 29.1 Å². The van der Waals surface area contributed by atoms with Crippen LogP contribution in [0.4, 0.5) is 0 Å². The van der Waals surface area contributed by atoms with E-state index < -0.39 is 60.2 Å². The molecule has 10 N–H and O–H groups in total. The van der Waals surface area contributed by atoms with E-state index in [1.165, 1.54) is 18.7 Å². The zero-order valence-corrected chi connectivity index (χ0v) is 18.7. The number of carbonyl (C=O) groups excluding carboxylic acids is 4. The standard InChI is InChI=1S/C18H34N6O6S/c1-10(20)15(26)24-13(9-14(21)25)17(28)22-11(6-8-31-2)16(27)23-12(18(29)30)5-3-4-7-19/h10-13H,3-9,19-20H2,1-2H3,(H2,21,25)(H,22,28)(H,23,27)(H,24,26)(H,29,30). The number of amides is 4. The van der Waals surface area contributed by atoms with Crippen molar-refractivity contribution in [3.05, 3.63) is 0 Å². The van der Waals surface area contributed by atoms with Crippen molar-refractivity contribution >= 4 is 41.4 Å². The van der Waals surface area contributed by atoms with Crippen molar-refractivity contribution in [3.8, 4) is 0 Å². The zero-order chi connectivity index (χ0) is 24.0. The molecule has 0 spiro atoms. The molecule has 13 heteroatoms. The summed E-state index contributed by atoms with van der Waals surface area (Å²) in [5, 5.41) is 16.6. The van der Waals surface area contributed by atoms with Gasteiger partial charge in [-0.2, -0.15) is 11.8 Å². The number of nitrogens with two attached hydrogens (primary N) is 3. The molecule has 0 aromatic rings. The first-order chi connectivity index (χ1) is 14.5. The molecule has 0 aromatic carbocycles. The van der Waals surface area contributed by atoms with Crippen LogP contribution in [0.2, 0.25) is 0 Å². The average molecular weight is 463 g/mol. The van der Waals surface area contributed by atoms with Gasteiger partial charge in [-0.3, -0.25) is 19.2 Å². The highest BCUT2D eigenvalue weighted by atomic mass is 32.2. The second-order valence-corrected chi connectivity index (χ2v) is 8.03. The van der Waals surface area contributed by atoms with Crippen LogP contribution in [-0.2, 0) is 24.0 Å². The van der Waals surface area contributed by atoms with E-state index in [1.54, 1.807) is 0 Å². The van der Waals surface area contributed by atoms with Gasteiger partial charge in [-0.1, -0.05) is 0 Å². The summed E-state index contributed by atoms with van der Waals surface area (Å²) in [7, 11) is 0. The third kappa shape index (κ3) is 12.2. The quantitative estimate of drug-likeness (QED) is 0.122. The largest absolute Gasteiger partial charge is 0.480 e. The van der Waals surface area contributed by atoms with Gasteiger partial charge in [0.05, 0.1) is 12.5 Å². The lowest BCUT2D eigenvalue weighted by atomic mass is 10.1. The van der Waals surface area contributed by atoms with Crippen LogP contribution < -0.4 is 33.2 Å². The molecule has 12 nitrogen and oxygen atoms in total. The van der Waals surface area contributed by atoms with Gasteiger partial charge < -0.3 is 38.3 Å². The smallest absolute Gasteiger partial charge is 0.326 e. The summed E-state index contributed by atoms with van der Waals surface area (Å²) in [5.41, 5.74) is 16.0. The molecule has 0 saturated carbocycles. The number of carbonyl (C=O) groups is 5. The normalized spacial score (nSPS) is 14.6. The maximum Gasteiger partial charge on any atom is 0.326 e. The van der Waals surface area contributed by atoms with Crippen molar-refractivity contribution in [3.63, 3.8) is 0 Å². The second kappa shape index (κ2) is 15.4. The summed E-state index contributed by atoms with van der Waals surface area (Å²) in [5.74, 6) is -3.69. The lowest BCUT2D eigenvalue weighted by Gasteiger charge is -2.24. The molecule has 0 aromatic heterocycles. The third-order valence-corrected chi connectivity index (χ3v) is 4.90. The minimum absolute atomic E-state index is 0.191. The van der Waals surface area contributed by atoms with E-state index >= 15 is 0 Å². The fourth-order valence-corrected chi connectivity index (χ4v) is 2.98. The first-order valence-electron chi connectivity index (χ1n) is 9.90. The van der Waals surface area contributed by atoms with Crippen molar-refractivity contribution in [1.29, 1.82) is 0 Å². The van der Waals surface area contributed by atoms with Gasteiger partial charge in [0.15, 0.2) is 0 Å². The molecule has 0 saturated heterocycles. The van der Waals surface area contributed by atoms with Crippen LogP contribution in [0.15, 0.2) is 0 Å². The van der Waals surface area contributed by atoms with Crippen LogP contribution in [0, 0.1) is 0 Å². The molecule has 4 unspecified atom stereocenters. The fraction of sp³-hybridized carbons (Fsp3) is 0.722. The minimum Gasteiger partial charge on any atom is -0.480 e. The molecule has 4 amide bonds. The summed E-state index contributed by atoms with van der Waals surface area (Å²) in [6, 6.07) is -4.45. The lowest BCUT2D eigenvalue weighted by molar-refractivity contribution is -0.142. The lowest BCUT2D eigenvalue weighted by Crippen LogP contribution is -2.57. The van der Waals surface area contributed by atoms with Crippen LogP contribution in [0.3, 0.4) is 0 Å². The van der Waals surface area contributed by atoms with Gasteiger partial charge in [0.1, 0.15) is 18.1 Å². The van der Waals surface area contributed by atoms with Crippen LogP contribution in [0.25, 0.3) is 0 Å². The predicted molar refractivity (Wildman–Crippen MR) is 117 cm³/mol. The van der Waals surface area contributed by atoms with Gasteiger partial charge in [-0.25, -0.2) is 4.79 Å².